The first kappa shape index (κ1) is 16.1. The van der Waals surface area contributed by atoms with Crippen LogP contribution >= 0.6 is 0 Å². The Balaban J connectivity index is 2.11. The Morgan fingerprint density at radius 1 is 1.32 bits per heavy atom. The second-order valence-electron chi connectivity index (χ2n) is 4.50. The van der Waals surface area contributed by atoms with Crippen LogP contribution in [0.3, 0.4) is 0 Å². The summed E-state index contributed by atoms with van der Waals surface area (Å²) >= 11 is 0. The van der Waals surface area contributed by atoms with Gasteiger partial charge in [0.2, 0.25) is 15.9 Å². The summed E-state index contributed by atoms with van der Waals surface area (Å²) in [5.74, 6) is -0.690. The zero-order valence-corrected chi connectivity index (χ0v) is 12.5. The summed E-state index contributed by atoms with van der Waals surface area (Å²) < 4.78 is 39.5. The molecule has 0 bridgehead atoms. The minimum atomic E-state index is -3.92. The third kappa shape index (κ3) is 3.89. The smallest absolute Gasteiger partial charge is 0.243 e. The fourth-order valence-corrected chi connectivity index (χ4v) is 3.02. The quantitative estimate of drug-likeness (QED) is 0.743. The highest BCUT2D eigenvalue weighted by Crippen LogP contribution is 2.11. The van der Waals surface area contributed by atoms with E-state index in [1.807, 2.05) is 0 Å². The Labute approximate surface area is 127 Å². The van der Waals surface area contributed by atoms with Gasteiger partial charge in [-0.25, -0.2) is 12.8 Å². The summed E-state index contributed by atoms with van der Waals surface area (Å²) in [6.45, 7) is 1.67. The number of nitrogens with one attached hydrogen (secondary N) is 3. The second kappa shape index (κ2) is 6.67. The lowest BCUT2D eigenvalue weighted by molar-refractivity contribution is -0.117. The number of H-pyrrole nitrogens is 1. The Bertz CT molecular complexity index is 729. The fourth-order valence-electron chi connectivity index (χ4n) is 1.74. The number of carbonyl (C=O) groups excluding carboxylic acids is 1. The Morgan fingerprint density at radius 2 is 2.00 bits per heavy atom. The number of anilines is 1. The van der Waals surface area contributed by atoms with Gasteiger partial charge in [0.05, 0.1) is 11.1 Å². The van der Waals surface area contributed by atoms with Gasteiger partial charge in [0.1, 0.15) is 17.7 Å². The lowest BCUT2D eigenvalue weighted by Gasteiger charge is -2.16. The van der Waals surface area contributed by atoms with Crippen molar-refractivity contribution < 1.29 is 17.6 Å². The molecule has 0 aliphatic heterocycles. The van der Waals surface area contributed by atoms with Gasteiger partial charge in [0.25, 0.3) is 0 Å². The summed E-state index contributed by atoms with van der Waals surface area (Å²) in [6.07, 6.45) is 1.71. The number of nitrogens with zero attached hydrogens (tertiary/aromatic N) is 1. The summed E-state index contributed by atoms with van der Waals surface area (Å²) in [6, 6.07) is 4.94. The van der Waals surface area contributed by atoms with Crippen LogP contribution in [0.15, 0.2) is 41.4 Å². The first-order valence-electron chi connectivity index (χ1n) is 6.50. The Kier molecular flexibility index (Phi) is 4.88. The van der Waals surface area contributed by atoms with Gasteiger partial charge in [-0.2, -0.15) is 9.82 Å². The maximum Gasteiger partial charge on any atom is 0.243 e. The summed E-state index contributed by atoms with van der Waals surface area (Å²) in [5, 5.41) is 8.74. The topological polar surface area (TPSA) is 104 Å². The van der Waals surface area contributed by atoms with E-state index in [1.54, 1.807) is 13.0 Å². The number of aromatic amines is 1. The monoisotopic (exact) mass is 326 g/mol. The van der Waals surface area contributed by atoms with Crippen LogP contribution in [0.1, 0.15) is 13.3 Å². The average molecular weight is 326 g/mol. The third-order valence-corrected chi connectivity index (χ3v) is 4.39. The molecule has 0 fully saturated rings. The van der Waals surface area contributed by atoms with E-state index in [-0.39, 0.29) is 11.3 Å². The lowest BCUT2D eigenvalue weighted by atomic mass is 10.2. The number of hydrogen-bond donors (Lipinski definition) is 3. The molecule has 1 aromatic heterocycles. The molecule has 1 amide bonds. The van der Waals surface area contributed by atoms with E-state index in [9.17, 15) is 17.6 Å². The SMILES string of the molecule is CCC(NS(=O)(=O)c1ccc(F)cc1)C(=O)Nc1ccn[nH]1. The fraction of sp³-hybridized carbons (Fsp3) is 0.231. The molecule has 2 aromatic rings. The third-order valence-electron chi connectivity index (χ3n) is 2.90. The van der Waals surface area contributed by atoms with Gasteiger partial charge < -0.3 is 5.32 Å². The molecule has 0 aliphatic rings. The van der Waals surface area contributed by atoms with Gasteiger partial charge >= 0.3 is 0 Å². The van der Waals surface area contributed by atoms with E-state index in [0.717, 1.165) is 24.3 Å². The zero-order valence-electron chi connectivity index (χ0n) is 11.7. The standard InChI is InChI=1S/C13H15FN4O3S/c1-2-11(13(19)16-12-7-8-15-17-12)18-22(20,21)10-5-3-9(14)4-6-10/h3-8,11,18H,2H2,1H3,(H2,15,16,17,19). The minimum absolute atomic E-state index is 0.110. The molecule has 1 aromatic carbocycles. The number of sulfonamides is 1. The minimum Gasteiger partial charge on any atom is -0.310 e. The number of rotatable bonds is 6. The highest BCUT2D eigenvalue weighted by molar-refractivity contribution is 7.89. The van der Waals surface area contributed by atoms with Crippen LogP contribution in [0.4, 0.5) is 10.2 Å². The molecule has 0 aliphatic carbocycles. The first-order chi connectivity index (χ1) is 10.4. The predicted molar refractivity (Wildman–Crippen MR) is 78.0 cm³/mol. The van der Waals surface area contributed by atoms with Gasteiger partial charge in [0, 0.05) is 6.07 Å². The van der Waals surface area contributed by atoms with Gasteiger partial charge in [-0.1, -0.05) is 6.92 Å². The van der Waals surface area contributed by atoms with Crippen molar-refractivity contribution in [2.45, 2.75) is 24.3 Å². The van der Waals surface area contributed by atoms with E-state index >= 15 is 0 Å². The van der Waals surface area contributed by atoms with Crippen LogP contribution in [0.2, 0.25) is 0 Å². The molecule has 118 valence electrons. The maximum atomic E-state index is 12.9. The molecule has 0 spiro atoms. The molecule has 9 heteroatoms. The van der Waals surface area contributed by atoms with Crippen LogP contribution in [0.25, 0.3) is 0 Å². The zero-order chi connectivity index (χ0) is 16.2. The Hall–Kier alpha value is -2.26. The molecule has 0 radical (unpaired) electrons. The highest BCUT2D eigenvalue weighted by atomic mass is 32.2. The average Bonchev–Trinajstić information content (AvgIpc) is 2.98. The number of amides is 1. The van der Waals surface area contributed by atoms with Crippen LogP contribution < -0.4 is 10.0 Å². The molecule has 1 unspecified atom stereocenters. The van der Waals surface area contributed by atoms with Gasteiger partial charge in [0.15, 0.2) is 0 Å². The van der Waals surface area contributed by atoms with E-state index in [4.69, 9.17) is 0 Å². The number of benzene rings is 1. The molecule has 3 N–H and O–H groups in total. The lowest BCUT2D eigenvalue weighted by Crippen LogP contribution is -2.43. The normalized spacial score (nSPS) is 12.8. The van der Waals surface area contributed by atoms with Crippen molar-refractivity contribution in [2.75, 3.05) is 5.32 Å². The van der Waals surface area contributed by atoms with E-state index in [0.29, 0.717) is 5.82 Å². The summed E-state index contributed by atoms with van der Waals surface area (Å²) in [7, 11) is -3.92. The molecular formula is C13H15FN4O3S. The number of halogens is 1. The summed E-state index contributed by atoms with van der Waals surface area (Å²) in [5.41, 5.74) is 0. The first-order valence-corrected chi connectivity index (χ1v) is 7.99. The number of hydrogen-bond acceptors (Lipinski definition) is 4. The second-order valence-corrected chi connectivity index (χ2v) is 6.21. The van der Waals surface area contributed by atoms with E-state index < -0.39 is 27.8 Å². The van der Waals surface area contributed by atoms with Crippen molar-refractivity contribution in [3.8, 4) is 0 Å². The molecule has 2 rings (SSSR count). The van der Waals surface area contributed by atoms with Crippen molar-refractivity contribution in [3.05, 3.63) is 42.3 Å². The van der Waals surface area contributed by atoms with Crippen molar-refractivity contribution in [1.82, 2.24) is 14.9 Å². The molecule has 0 saturated heterocycles. The van der Waals surface area contributed by atoms with E-state index in [1.165, 1.54) is 6.20 Å². The Morgan fingerprint density at radius 3 is 2.55 bits per heavy atom. The molecule has 0 saturated carbocycles. The maximum absolute atomic E-state index is 12.9. The van der Waals surface area contributed by atoms with Crippen molar-refractivity contribution >= 4 is 21.7 Å². The largest absolute Gasteiger partial charge is 0.310 e. The van der Waals surface area contributed by atoms with E-state index in [2.05, 4.69) is 20.2 Å². The van der Waals surface area contributed by atoms with Gasteiger partial charge in [-0.3, -0.25) is 9.89 Å². The molecule has 22 heavy (non-hydrogen) atoms. The predicted octanol–water partition coefficient (Wildman–Crippen LogP) is 1.24. The van der Waals surface area contributed by atoms with Crippen molar-refractivity contribution in [1.29, 1.82) is 0 Å². The van der Waals surface area contributed by atoms with Crippen LogP contribution in [0, 0.1) is 5.82 Å². The van der Waals surface area contributed by atoms with Crippen molar-refractivity contribution in [3.63, 3.8) is 0 Å². The van der Waals surface area contributed by atoms with Crippen molar-refractivity contribution in [2.24, 2.45) is 0 Å². The van der Waals surface area contributed by atoms with Gasteiger partial charge in [-0.15, -0.1) is 0 Å². The molecule has 1 heterocycles. The van der Waals surface area contributed by atoms with Crippen LogP contribution in [-0.2, 0) is 14.8 Å². The molecular weight excluding hydrogens is 311 g/mol. The number of carbonyl (C=O) groups is 1. The number of aromatic nitrogens is 2. The molecule has 7 nitrogen and oxygen atoms in total. The molecule has 1 atom stereocenters. The van der Waals surface area contributed by atoms with Gasteiger partial charge in [-0.05, 0) is 30.7 Å². The van der Waals surface area contributed by atoms with Crippen LogP contribution in [-0.4, -0.2) is 30.6 Å². The van der Waals surface area contributed by atoms with Crippen LogP contribution in [0.5, 0.6) is 0 Å². The summed E-state index contributed by atoms with van der Waals surface area (Å²) in [4.78, 5) is 11.9. The highest BCUT2D eigenvalue weighted by Gasteiger charge is 2.24.